The van der Waals surface area contributed by atoms with Crippen molar-refractivity contribution in [3.8, 4) is 0 Å². The first-order valence-corrected chi connectivity index (χ1v) is 15.7. The van der Waals surface area contributed by atoms with Gasteiger partial charge in [-0.3, -0.25) is 25.0 Å². The van der Waals surface area contributed by atoms with E-state index >= 15 is 0 Å². The first-order valence-electron chi connectivity index (χ1n) is 10.00. The van der Waals surface area contributed by atoms with Crippen LogP contribution < -0.4 is 5.32 Å². The molecular weight excluding hydrogens is 719 g/mol. The van der Waals surface area contributed by atoms with Crippen LogP contribution in [0.5, 0.6) is 0 Å². The Balaban J connectivity index is 0.000000317. The van der Waals surface area contributed by atoms with Gasteiger partial charge < -0.3 is 10.4 Å². The third-order valence-corrected chi connectivity index (χ3v) is 8.65. The Morgan fingerprint density at radius 1 is 0.786 bits per heavy atom. The van der Waals surface area contributed by atoms with Crippen molar-refractivity contribution in [2.75, 3.05) is 5.32 Å². The van der Waals surface area contributed by atoms with Gasteiger partial charge >= 0.3 is 5.97 Å². The standard InChI is InChI=1S/C13H6Cl3FN2O5S.C7H3Cl2NO6S/c14-8-5-7(1-2-9(8)17)18-13(20)6-3-10(19(21)22)12(15)11(4-6)25(16,23)24;8-6-4(10(13)14)1-3(7(11)12)2-5(6)17(9,15)16/h1-5H,(H,18,20);1-2H,(H,11,12). The van der Waals surface area contributed by atoms with Crippen molar-refractivity contribution in [1.29, 1.82) is 0 Å². The number of nitro benzene ring substituents is 2. The van der Waals surface area contributed by atoms with Gasteiger partial charge in [0.05, 0.1) is 20.4 Å². The predicted molar refractivity (Wildman–Crippen MR) is 149 cm³/mol. The number of aromatic carboxylic acids is 1. The van der Waals surface area contributed by atoms with Gasteiger partial charge in [0.15, 0.2) is 0 Å². The second kappa shape index (κ2) is 13.3. The van der Waals surface area contributed by atoms with E-state index in [9.17, 15) is 51.0 Å². The average Bonchev–Trinajstić information content (AvgIpc) is 2.84. The lowest BCUT2D eigenvalue weighted by molar-refractivity contribution is -0.385. The lowest BCUT2D eigenvalue weighted by Gasteiger charge is -2.08. The van der Waals surface area contributed by atoms with Crippen LogP contribution in [0.25, 0.3) is 0 Å². The van der Waals surface area contributed by atoms with Gasteiger partial charge in [-0.2, -0.15) is 0 Å². The van der Waals surface area contributed by atoms with Crippen LogP contribution in [0.4, 0.5) is 21.5 Å². The van der Waals surface area contributed by atoms with Crippen LogP contribution in [0.1, 0.15) is 20.7 Å². The van der Waals surface area contributed by atoms with Crippen LogP contribution in [0.2, 0.25) is 15.1 Å². The van der Waals surface area contributed by atoms with Gasteiger partial charge in [-0.1, -0.05) is 34.8 Å². The molecule has 0 aliphatic rings. The molecule has 0 aliphatic carbocycles. The van der Waals surface area contributed by atoms with E-state index in [-0.39, 0.29) is 10.7 Å². The molecule has 42 heavy (non-hydrogen) atoms. The molecule has 3 aromatic rings. The van der Waals surface area contributed by atoms with E-state index in [4.69, 9.17) is 61.3 Å². The summed E-state index contributed by atoms with van der Waals surface area (Å²) < 4.78 is 58.3. The van der Waals surface area contributed by atoms with E-state index in [2.05, 4.69) is 5.32 Å². The van der Waals surface area contributed by atoms with Gasteiger partial charge in [-0.05, 0) is 30.3 Å². The zero-order valence-electron chi connectivity index (χ0n) is 19.5. The first-order chi connectivity index (χ1) is 19.1. The minimum absolute atomic E-state index is 0.0873. The fourth-order valence-electron chi connectivity index (χ4n) is 2.82. The molecule has 22 heteroatoms. The Hall–Kier alpha value is -3.32. The predicted octanol–water partition coefficient (Wildman–Crippen LogP) is 6.09. The van der Waals surface area contributed by atoms with Crippen molar-refractivity contribution in [2.45, 2.75) is 9.79 Å². The highest BCUT2D eigenvalue weighted by atomic mass is 35.7. The first kappa shape index (κ1) is 34.9. The van der Waals surface area contributed by atoms with Crippen LogP contribution in [0, 0.1) is 26.0 Å². The second-order valence-electron chi connectivity index (χ2n) is 7.39. The normalized spacial score (nSPS) is 11.2. The minimum Gasteiger partial charge on any atom is -0.478 e. The quantitative estimate of drug-likeness (QED) is 0.161. The molecule has 14 nitrogen and oxygen atoms in total. The maximum atomic E-state index is 13.1. The Labute approximate surface area is 257 Å². The molecule has 224 valence electrons. The zero-order valence-corrected chi connectivity index (χ0v) is 25.0. The van der Waals surface area contributed by atoms with Crippen LogP contribution in [0.15, 0.2) is 52.3 Å². The molecule has 3 aromatic carbocycles. The van der Waals surface area contributed by atoms with Crippen molar-refractivity contribution in [3.05, 3.63) is 94.7 Å². The minimum atomic E-state index is -4.45. The fourth-order valence-corrected chi connectivity index (χ4v) is 6.10. The summed E-state index contributed by atoms with van der Waals surface area (Å²) in [5.41, 5.74) is -2.56. The smallest absolute Gasteiger partial charge is 0.335 e. The number of rotatable bonds is 7. The summed E-state index contributed by atoms with van der Waals surface area (Å²) in [4.78, 5) is 40.9. The Kier molecular flexibility index (Phi) is 11.1. The van der Waals surface area contributed by atoms with E-state index in [1.54, 1.807) is 0 Å². The van der Waals surface area contributed by atoms with Gasteiger partial charge in [0.1, 0.15) is 25.7 Å². The van der Waals surface area contributed by atoms with Gasteiger partial charge in [0.25, 0.3) is 35.4 Å². The molecule has 0 unspecified atom stereocenters. The molecule has 0 fully saturated rings. The lowest BCUT2D eigenvalue weighted by Crippen LogP contribution is -2.13. The molecule has 2 N–H and O–H groups in total. The SMILES string of the molecule is O=C(Nc1ccc(F)c(Cl)c1)c1cc([N+](=O)[O-])c(Cl)c(S(=O)(=O)Cl)c1.O=C(O)c1cc([N+](=O)[O-])c(Cl)c(S(=O)(=O)Cl)c1. The Morgan fingerprint density at radius 3 is 1.60 bits per heavy atom. The summed E-state index contributed by atoms with van der Waals surface area (Å²) >= 11 is 16.7. The topological polar surface area (TPSA) is 221 Å². The van der Waals surface area contributed by atoms with Crippen molar-refractivity contribution in [1.82, 2.24) is 0 Å². The zero-order chi connectivity index (χ0) is 32.3. The number of carboxylic acids is 1. The molecule has 0 saturated carbocycles. The molecule has 0 atom stereocenters. The fraction of sp³-hybridized carbons (Fsp3) is 0. The molecule has 1 amide bonds. The largest absolute Gasteiger partial charge is 0.478 e. The molecule has 0 saturated heterocycles. The molecule has 0 radical (unpaired) electrons. The number of carbonyl (C=O) groups is 2. The highest BCUT2D eigenvalue weighted by Gasteiger charge is 2.28. The summed E-state index contributed by atoms with van der Waals surface area (Å²) in [6, 6.07) is 6.18. The highest BCUT2D eigenvalue weighted by Crippen LogP contribution is 2.36. The van der Waals surface area contributed by atoms with Gasteiger partial charge in [0, 0.05) is 44.7 Å². The highest BCUT2D eigenvalue weighted by molar-refractivity contribution is 8.14. The molecule has 3 rings (SSSR count). The second-order valence-corrected chi connectivity index (χ2v) is 13.6. The molecular formula is C20H9Cl5FN3O11S2. The number of nitrogens with zero attached hydrogens (tertiary/aromatic N) is 2. The van der Waals surface area contributed by atoms with Gasteiger partial charge in [-0.25, -0.2) is 26.0 Å². The number of benzene rings is 3. The van der Waals surface area contributed by atoms with E-state index in [0.29, 0.717) is 12.1 Å². The number of nitrogens with one attached hydrogen (secondary N) is 1. The number of hydrogen-bond donors (Lipinski definition) is 2. The Bertz CT molecular complexity index is 1870. The molecule has 0 aromatic heterocycles. The summed E-state index contributed by atoms with van der Waals surface area (Å²) in [7, 11) is 1.36. The van der Waals surface area contributed by atoms with Crippen molar-refractivity contribution < 1.29 is 45.8 Å². The van der Waals surface area contributed by atoms with Crippen molar-refractivity contribution in [2.24, 2.45) is 0 Å². The number of carboxylic acid groups (broad SMARTS) is 1. The molecule has 0 aliphatic heterocycles. The van der Waals surface area contributed by atoms with Gasteiger partial charge in [0.2, 0.25) is 0 Å². The van der Waals surface area contributed by atoms with Crippen LogP contribution >= 0.6 is 56.2 Å². The van der Waals surface area contributed by atoms with Gasteiger partial charge in [-0.15, -0.1) is 0 Å². The number of nitro groups is 2. The lowest BCUT2D eigenvalue weighted by atomic mass is 10.2. The molecule has 0 spiro atoms. The van der Waals surface area contributed by atoms with Crippen molar-refractivity contribution in [3.63, 3.8) is 0 Å². The van der Waals surface area contributed by atoms with Crippen LogP contribution in [-0.2, 0) is 18.1 Å². The summed E-state index contributed by atoms with van der Waals surface area (Å²) in [6.45, 7) is 0. The maximum absolute atomic E-state index is 13.1. The third-order valence-electron chi connectivity index (χ3n) is 4.65. The van der Waals surface area contributed by atoms with E-state index in [0.717, 1.165) is 24.3 Å². The average molecular weight is 728 g/mol. The third kappa shape index (κ3) is 8.60. The maximum Gasteiger partial charge on any atom is 0.335 e. The number of halogens is 6. The van der Waals surface area contributed by atoms with Crippen LogP contribution in [-0.4, -0.2) is 43.7 Å². The van der Waals surface area contributed by atoms with E-state index in [1.807, 2.05) is 0 Å². The summed E-state index contributed by atoms with van der Waals surface area (Å²) in [5, 5.41) is 30.8. The summed E-state index contributed by atoms with van der Waals surface area (Å²) in [6.07, 6.45) is 0. The summed E-state index contributed by atoms with van der Waals surface area (Å²) in [5.74, 6) is -3.16. The van der Waals surface area contributed by atoms with E-state index < -0.39 is 88.0 Å². The number of anilines is 1. The number of amides is 1. The number of carbonyl (C=O) groups excluding carboxylic acids is 1. The molecule has 0 bridgehead atoms. The number of hydrogen-bond acceptors (Lipinski definition) is 10. The van der Waals surface area contributed by atoms with Crippen LogP contribution in [0.3, 0.4) is 0 Å². The van der Waals surface area contributed by atoms with E-state index in [1.165, 1.54) is 6.07 Å². The Morgan fingerprint density at radius 2 is 1.21 bits per heavy atom. The van der Waals surface area contributed by atoms with Crippen molar-refractivity contribution >= 4 is 103 Å². The monoisotopic (exact) mass is 725 g/mol. The molecule has 0 heterocycles.